The highest BCUT2D eigenvalue weighted by Gasteiger charge is 2.13. The molecule has 0 aromatic heterocycles. The van der Waals surface area contributed by atoms with Gasteiger partial charge in [-0.05, 0) is 26.4 Å². The highest BCUT2D eigenvalue weighted by atomic mass is 16.5. The molecule has 1 atom stereocenters. The van der Waals surface area contributed by atoms with Crippen LogP contribution in [0.3, 0.4) is 0 Å². The topological polar surface area (TPSA) is 33.7 Å². The maximum Gasteiger partial charge on any atom is 0.0630 e. The Morgan fingerprint density at radius 3 is 2.56 bits per heavy atom. The van der Waals surface area contributed by atoms with E-state index in [0.29, 0.717) is 6.04 Å². The molecule has 0 heterocycles. The summed E-state index contributed by atoms with van der Waals surface area (Å²) in [7, 11) is 5.65. The zero-order chi connectivity index (χ0) is 12.2. The Labute approximate surface area is 100 Å². The second kappa shape index (κ2) is 11.3. The van der Waals surface area contributed by atoms with Gasteiger partial charge in [0.05, 0.1) is 6.61 Å². The number of likely N-dealkylation sites (N-methyl/N-ethyl adjacent to an activating group) is 1. The number of hydrogen-bond acceptors (Lipinski definition) is 4. The molecule has 0 rings (SSSR count). The second-order valence-corrected chi connectivity index (χ2v) is 4.14. The van der Waals surface area contributed by atoms with Crippen LogP contribution < -0.4 is 5.32 Å². The fourth-order valence-electron chi connectivity index (χ4n) is 1.62. The molecular weight excluding hydrogens is 204 g/mol. The third-order valence-corrected chi connectivity index (χ3v) is 2.65. The predicted octanol–water partition coefficient (Wildman–Crippen LogP) is 0.969. The molecule has 0 saturated carbocycles. The molecule has 4 nitrogen and oxygen atoms in total. The van der Waals surface area contributed by atoms with Crippen molar-refractivity contribution in [1.29, 1.82) is 0 Å². The highest BCUT2D eigenvalue weighted by Crippen LogP contribution is 1.98. The van der Waals surface area contributed by atoms with E-state index in [1.54, 1.807) is 14.2 Å². The van der Waals surface area contributed by atoms with Gasteiger partial charge in [-0.15, -0.1) is 0 Å². The number of hydrogen-bond donors (Lipinski definition) is 1. The number of nitrogens with zero attached hydrogens (tertiary/aromatic N) is 1. The van der Waals surface area contributed by atoms with Gasteiger partial charge >= 0.3 is 0 Å². The lowest BCUT2D eigenvalue weighted by Crippen LogP contribution is -2.43. The van der Waals surface area contributed by atoms with Gasteiger partial charge in [0, 0.05) is 40.0 Å². The van der Waals surface area contributed by atoms with E-state index in [9.17, 15) is 0 Å². The van der Waals surface area contributed by atoms with Crippen LogP contribution in [0.1, 0.15) is 19.8 Å². The Kier molecular flexibility index (Phi) is 11.2. The van der Waals surface area contributed by atoms with Gasteiger partial charge in [-0.3, -0.25) is 4.90 Å². The molecule has 98 valence electrons. The van der Waals surface area contributed by atoms with Gasteiger partial charge in [-0.2, -0.15) is 0 Å². The van der Waals surface area contributed by atoms with Crippen LogP contribution in [0, 0.1) is 0 Å². The summed E-state index contributed by atoms with van der Waals surface area (Å²) in [6, 6.07) is 0.452. The van der Waals surface area contributed by atoms with Gasteiger partial charge in [-0.1, -0.05) is 6.92 Å². The van der Waals surface area contributed by atoms with Crippen molar-refractivity contribution in [2.45, 2.75) is 25.8 Å². The molecule has 1 N–H and O–H groups in total. The first-order valence-electron chi connectivity index (χ1n) is 6.15. The first-order chi connectivity index (χ1) is 7.76. The van der Waals surface area contributed by atoms with E-state index in [4.69, 9.17) is 9.47 Å². The molecule has 16 heavy (non-hydrogen) atoms. The summed E-state index contributed by atoms with van der Waals surface area (Å²) >= 11 is 0. The third-order valence-electron chi connectivity index (χ3n) is 2.65. The molecule has 0 amide bonds. The minimum atomic E-state index is 0.452. The van der Waals surface area contributed by atoms with E-state index in [1.165, 1.54) is 6.42 Å². The third kappa shape index (κ3) is 8.05. The van der Waals surface area contributed by atoms with E-state index in [1.807, 2.05) is 0 Å². The molecule has 4 heteroatoms. The minimum Gasteiger partial charge on any atom is -0.385 e. The van der Waals surface area contributed by atoms with Crippen molar-refractivity contribution in [3.05, 3.63) is 0 Å². The Morgan fingerprint density at radius 1 is 1.25 bits per heavy atom. The molecule has 0 saturated heterocycles. The second-order valence-electron chi connectivity index (χ2n) is 4.14. The Bertz CT molecular complexity index is 145. The van der Waals surface area contributed by atoms with Crippen molar-refractivity contribution < 1.29 is 9.47 Å². The van der Waals surface area contributed by atoms with Gasteiger partial charge < -0.3 is 14.8 Å². The van der Waals surface area contributed by atoms with Crippen molar-refractivity contribution >= 4 is 0 Å². The quantitative estimate of drug-likeness (QED) is 0.538. The Morgan fingerprint density at radius 2 is 2.00 bits per heavy atom. The zero-order valence-corrected chi connectivity index (χ0v) is 11.3. The fourth-order valence-corrected chi connectivity index (χ4v) is 1.62. The molecule has 1 unspecified atom stereocenters. The van der Waals surface area contributed by atoms with Gasteiger partial charge in [0.15, 0.2) is 0 Å². The molecule has 0 radical (unpaired) electrons. The molecule has 0 fully saturated rings. The van der Waals surface area contributed by atoms with Gasteiger partial charge in [-0.25, -0.2) is 0 Å². The number of ether oxygens (including phenoxy) is 2. The largest absolute Gasteiger partial charge is 0.385 e. The lowest BCUT2D eigenvalue weighted by Gasteiger charge is -2.27. The first kappa shape index (κ1) is 15.8. The van der Waals surface area contributed by atoms with Gasteiger partial charge in [0.2, 0.25) is 0 Å². The van der Waals surface area contributed by atoms with Crippen molar-refractivity contribution in [2.24, 2.45) is 0 Å². The molecule has 0 bridgehead atoms. The lowest BCUT2D eigenvalue weighted by molar-refractivity contribution is 0.0969. The number of rotatable bonds is 11. The summed E-state index contributed by atoms with van der Waals surface area (Å²) in [4.78, 5) is 2.34. The standard InChI is InChI=1S/C12H28N2O2/c1-5-7-13-10-12(11-16-4)14(2)8-6-9-15-3/h12-13H,5-11H2,1-4H3. The average molecular weight is 232 g/mol. The lowest BCUT2D eigenvalue weighted by atomic mass is 10.2. The van der Waals surface area contributed by atoms with E-state index < -0.39 is 0 Å². The van der Waals surface area contributed by atoms with Crippen molar-refractivity contribution in [3.8, 4) is 0 Å². The summed E-state index contributed by atoms with van der Waals surface area (Å²) in [5, 5.41) is 3.44. The van der Waals surface area contributed by atoms with E-state index in [2.05, 4.69) is 24.2 Å². The van der Waals surface area contributed by atoms with Crippen LogP contribution in [0.15, 0.2) is 0 Å². The molecule has 0 aromatic carbocycles. The Hall–Kier alpha value is -0.160. The van der Waals surface area contributed by atoms with Crippen molar-refractivity contribution in [1.82, 2.24) is 10.2 Å². The summed E-state index contributed by atoms with van der Waals surface area (Å²) in [6.45, 7) is 6.90. The van der Waals surface area contributed by atoms with Crippen molar-refractivity contribution in [2.75, 3.05) is 54.1 Å². The fraction of sp³-hybridized carbons (Fsp3) is 1.00. The van der Waals surface area contributed by atoms with Crippen LogP contribution in [0.5, 0.6) is 0 Å². The van der Waals surface area contributed by atoms with Crippen LogP contribution in [0.25, 0.3) is 0 Å². The van der Waals surface area contributed by atoms with Crippen LogP contribution in [0.4, 0.5) is 0 Å². The SMILES string of the molecule is CCCNCC(COC)N(C)CCCOC. The number of nitrogens with one attached hydrogen (secondary N) is 1. The summed E-state index contributed by atoms with van der Waals surface area (Å²) in [5.74, 6) is 0. The Balaban J connectivity index is 3.77. The number of methoxy groups -OCH3 is 2. The molecule has 0 aromatic rings. The van der Waals surface area contributed by atoms with Crippen LogP contribution in [-0.4, -0.2) is 65.1 Å². The van der Waals surface area contributed by atoms with E-state index in [0.717, 1.165) is 39.3 Å². The molecule has 0 spiro atoms. The zero-order valence-electron chi connectivity index (χ0n) is 11.3. The summed E-state index contributed by atoms with van der Waals surface area (Å²) in [6.07, 6.45) is 2.24. The van der Waals surface area contributed by atoms with Gasteiger partial charge in [0.25, 0.3) is 0 Å². The summed E-state index contributed by atoms with van der Waals surface area (Å²) in [5.41, 5.74) is 0. The molecule has 0 aliphatic carbocycles. The monoisotopic (exact) mass is 232 g/mol. The maximum absolute atomic E-state index is 5.25. The molecular formula is C12H28N2O2. The molecule has 0 aliphatic heterocycles. The molecule has 0 aliphatic rings. The first-order valence-corrected chi connectivity index (χ1v) is 6.15. The smallest absolute Gasteiger partial charge is 0.0630 e. The highest BCUT2D eigenvalue weighted by molar-refractivity contribution is 4.71. The summed E-state index contributed by atoms with van der Waals surface area (Å²) < 4.78 is 10.3. The van der Waals surface area contributed by atoms with E-state index >= 15 is 0 Å². The van der Waals surface area contributed by atoms with E-state index in [-0.39, 0.29) is 0 Å². The van der Waals surface area contributed by atoms with Gasteiger partial charge in [0.1, 0.15) is 0 Å². The minimum absolute atomic E-state index is 0.452. The maximum atomic E-state index is 5.25. The van der Waals surface area contributed by atoms with Crippen LogP contribution in [0.2, 0.25) is 0 Å². The average Bonchev–Trinajstić information content (AvgIpc) is 2.28. The van der Waals surface area contributed by atoms with Crippen LogP contribution in [-0.2, 0) is 9.47 Å². The predicted molar refractivity (Wildman–Crippen MR) is 67.9 cm³/mol. The van der Waals surface area contributed by atoms with Crippen LogP contribution >= 0.6 is 0 Å². The normalized spacial score (nSPS) is 13.3. The van der Waals surface area contributed by atoms with Crippen molar-refractivity contribution in [3.63, 3.8) is 0 Å².